The highest BCUT2D eigenvalue weighted by molar-refractivity contribution is 7.80. The Morgan fingerprint density at radius 1 is 1.05 bits per heavy atom. The molecule has 0 aromatic heterocycles. The molecule has 0 heterocycles. The second-order valence-corrected chi connectivity index (χ2v) is 4.68. The first-order valence-electron chi connectivity index (χ1n) is 6.46. The smallest absolute Gasteiger partial charge is 0.225 e. The first-order valence-corrected chi connectivity index (χ1v) is 6.87. The number of carbonyl (C=O) groups excluding carboxylic acids is 1. The summed E-state index contributed by atoms with van der Waals surface area (Å²) >= 11 is 5.15. The first kappa shape index (κ1) is 14.2. The van der Waals surface area contributed by atoms with Crippen molar-refractivity contribution in [3.05, 3.63) is 54.6 Å². The molecule has 20 heavy (non-hydrogen) atoms. The van der Waals surface area contributed by atoms with Crippen LogP contribution in [0.4, 0.5) is 5.69 Å². The van der Waals surface area contributed by atoms with Gasteiger partial charge in [-0.1, -0.05) is 55.5 Å². The molecular formula is C16H16N2OS. The van der Waals surface area contributed by atoms with Crippen molar-refractivity contribution in [2.75, 3.05) is 5.32 Å². The van der Waals surface area contributed by atoms with Crippen LogP contribution in [0.1, 0.15) is 13.3 Å². The zero-order chi connectivity index (χ0) is 14.4. The SMILES string of the molecule is CCC(=O)NC(=S)Nc1ccccc1-c1ccccc1. The Labute approximate surface area is 124 Å². The van der Waals surface area contributed by atoms with Crippen molar-refractivity contribution in [2.45, 2.75) is 13.3 Å². The van der Waals surface area contributed by atoms with Gasteiger partial charge in [0, 0.05) is 17.7 Å². The van der Waals surface area contributed by atoms with Crippen LogP contribution < -0.4 is 10.6 Å². The molecule has 0 aliphatic rings. The predicted octanol–water partition coefficient (Wildman–Crippen LogP) is 3.58. The number of para-hydroxylation sites is 1. The van der Waals surface area contributed by atoms with Crippen LogP contribution in [0.2, 0.25) is 0 Å². The van der Waals surface area contributed by atoms with Crippen LogP contribution in [-0.2, 0) is 4.79 Å². The van der Waals surface area contributed by atoms with Crippen LogP contribution in [-0.4, -0.2) is 11.0 Å². The minimum absolute atomic E-state index is 0.0975. The van der Waals surface area contributed by atoms with Crippen LogP contribution >= 0.6 is 12.2 Å². The molecule has 0 saturated carbocycles. The average Bonchev–Trinajstić information content (AvgIpc) is 2.48. The molecule has 2 rings (SSSR count). The molecule has 0 bridgehead atoms. The zero-order valence-corrected chi connectivity index (χ0v) is 12.0. The van der Waals surface area contributed by atoms with E-state index in [0.29, 0.717) is 11.5 Å². The maximum atomic E-state index is 11.3. The molecule has 1 amide bonds. The molecule has 2 N–H and O–H groups in total. The Balaban J connectivity index is 2.21. The number of hydrogen-bond donors (Lipinski definition) is 2. The van der Waals surface area contributed by atoms with Crippen molar-refractivity contribution in [1.82, 2.24) is 5.32 Å². The van der Waals surface area contributed by atoms with Crippen molar-refractivity contribution in [3.8, 4) is 11.1 Å². The fraction of sp³-hybridized carbons (Fsp3) is 0.125. The van der Waals surface area contributed by atoms with Crippen molar-refractivity contribution >= 4 is 28.9 Å². The third-order valence-electron chi connectivity index (χ3n) is 2.83. The maximum absolute atomic E-state index is 11.3. The van der Waals surface area contributed by atoms with E-state index in [1.807, 2.05) is 54.6 Å². The van der Waals surface area contributed by atoms with E-state index in [4.69, 9.17) is 12.2 Å². The van der Waals surface area contributed by atoms with Gasteiger partial charge >= 0.3 is 0 Å². The number of anilines is 1. The molecule has 0 aliphatic carbocycles. The molecule has 4 heteroatoms. The molecule has 0 fully saturated rings. The van der Waals surface area contributed by atoms with Crippen LogP contribution in [0.15, 0.2) is 54.6 Å². The summed E-state index contributed by atoms with van der Waals surface area (Å²) in [6.07, 6.45) is 0.405. The summed E-state index contributed by atoms with van der Waals surface area (Å²) in [5.74, 6) is -0.0975. The molecule has 0 unspecified atom stereocenters. The third-order valence-corrected chi connectivity index (χ3v) is 3.04. The third kappa shape index (κ3) is 3.65. The number of thiocarbonyl (C=S) groups is 1. The van der Waals surface area contributed by atoms with Gasteiger partial charge in [0.25, 0.3) is 0 Å². The summed E-state index contributed by atoms with van der Waals surface area (Å²) in [4.78, 5) is 11.3. The molecule has 3 nitrogen and oxygen atoms in total. The van der Waals surface area contributed by atoms with Gasteiger partial charge in [-0.3, -0.25) is 4.79 Å². The summed E-state index contributed by atoms with van der Waals surface area (Å²) in [6, 6.07) is 17.9. The van der Waals surface area contributed by atoms with E-state index >= 15 is 0 Å². The number of hydrogen-bond acceptors (Lipinski definition) is 2. The molecular weight excluding hydrogens is 268 g/mol. The van der Waals surface area contributed by atoms with Crippen LogP contribution in [0.5, 0.6) is 0 Å². The summed E-state index contributed by atoms with van der Waals surface area (Å²) in [7, 11) is 0. The van der Waals surface area contributed by atoms with Gasteiger partial charge in [-0.15, -0.1) is 0 Å². The van der Waals surface area contributed by atoms with E-state index in [-0.39, 0.29) is 5.91 Å². The lowest BCUT2D eigenvalue weighted by Gasteiger charge is -2.13. The van der Waals surface area contributed by atoms with Crippen LogP contribution in [0, 0.1) is 0 Å². The van der Waals surface area contributed by atoms with E-state index in [9.17, 15) is 4.79 Å². The number of nitrogens with one attached hydrogen (secondary N) is 2. The standard InChI is InChI=1S/C16H16N2OS/c1-2-15(19)18-16(20)17-14-11-7-6-10-13(14)12-8-4-3-5-9-12/h3-11H,2H2,1H3,(H2,17,18,19,20). The second kappa shape index (κ2) is 6.82. The van der Waals surface area contributed by atoms with Gasteiger partial charge in [-0.05, 0) is 23.8 Å². The van der Waals surface area contributed by atoms with E-state index < -0.39 is 0 Å². The molecule has 0 spiro atoms. The minimum Gasteiger partial charge on any atom is -0.332 e. The Bertz CT molecular complexity index is 611. The van der Waals surface area contributed by atoms with Gasteiger partial charge in [0.05, 0.1) is 0 Å². The summed E-state index contributed by atoms with van der Waals surface area (Å²) in [6.45, 7) is 1.79. The van der Waals surface area contributed by atoms with Gasteiger partial charge in [0.1, 0.15) is 0 Å². The van der Waals surface area contributed by atoms with Gasteiger partial charge in [0.2, 0.25) is 5.91 Å². The number of amides is 1. The predicted molar refractivity (Wildman–Crippen MR) is 86.5 cm³/mol. The summed E-state index contributed by atoms with van der Waals surface area (Å²) in [5.41, 5.74) is 3.02. The Morgan fingerprint density at radius 2 is 1.70 bits per heavy atom. The fourth-order valence-corrected chi connectivity index (χ4v) is 2.05. The Hall–Kier alpha value is -2.20. The molecule has 2 aromatic carbocycles. The van der Waals surface area contributed by atoms with Gasteiger partial charge in [-0.2, -0.15) is 0 Å². The zero-order valence-electron chi connectivity index (χ0n) is 11.2. The lowest BCUT2D eigenvalue weighted by atomic mass is 10.0. The Kier molecular flexibility index (Phi) is 4.85. The topological polar surface area (TPSA) is 41.1 Å². The average molecular weight is 284 g/mol. The molecule has 0 radical (unpaired) electrons. The minimum atomic E-state index is -0.0975. The normalized spacial score (nSPS) is 9.85. The number of rotatable bonds is 3. The molecule has 0 atom stereocenters. The van der Waals surface area contributed by atoms with Crippen molar-refractivity contribution in [3.63, 3.8) is 0 Å². The largest absolute Gasteiger partial charge is 0.332 e. The molecule has 2 aromatic rings. The molecule has 0 saturated heterocycles. The number of benzene rings is 2. The lowest BCUT2D eigenvalue weighted by Crippen LogP contribution is -2.33. The first-order chi connectivity index (χ1) is 9.70. The fourth-order valence-electron chi connectivity index (χ4n) is 1.83. The van der Waals surface area contributed by atoms with Gasteiger partial charge < -0.3 is 10.6 Å². The molecule has 102 valence electrons. The second-order valence-electron chi connectivity index (χ2n) is 4.27. The lowest BCUT2D eigenvalue weighted by molar-refractivity contribution is -0.119. The highest BCUT2D eigenvalue weighted by atomic mass is 32.1. The van der Waals surface area contributed by atoms with E-state index in [1.165, 1.54) is 0 Å². The summed E-state index contributed by atoms with van der Waals surface area (Å²) < 4.78 is 0. The summed E-state index contributed by atoms with van der Waals surface area (Å²) in [5, 5.41) is 6.03. The maximum Gasteiger partial charge on any atom is 0.225 e. The highest BCUT2D eigenvalue weighted by Gasteiger charge is 2.07. The number of carbonyl (C=O) groups is 1. The van der Waals surface area contributed by atoms with Crippen LogP contribution in [0.25, 0.3) is 11.1 Å². The van der Waals surface area contributed by atoms with E-state index in [1.54, 1.807) is 6.92 Å². The monoisotopic (exact) mass is 284 g/mol. The van der Waals surface area contributed by atoms with Crippen molar-refractivity contribution < 1.29 is 4.79 Å². The van der Waals surface area contributed by atoms with E-state index in [0.717, 1.165) is 16.8 Å². The van der Waals surface area contributed by atoms with Gasteiger partial charge in [-0.25, -0.2) is 0 Å². The Morgan fingerprint density at radius 3 is 2.40 bits per heavy atom. The van der Waals surface area contributed by atoms with Crippen molar-refractivity contribution in [2.24, 2.45) is 0 Å². The molecule has 0 aliphatic heterocycles. The quantitative estimate of drug-likeness (QED) is 0.847. The van der Waals surface area contributed by atoms with Crippen LogP contribution in [0.3, 0.4) is 0 Å². The highest BCUT2D eigenvalue weighted by Crippen LogP contribution is 2.27. The van der Waals surface area contributed by atoms with Crippen molar-refractivity contribution in [1.29, 1.82) is 0 Å². The van der Waals surface area contributed by atoms with E-state index in [2.05, 4.69) is 10.6 Å². The van der Waals surface area contributed by atoms with Gasteiger partial charge in [0.15, 0.2) is 5.11 Å².